The lowest BCUT2D eigenvalue weighted by atomic mass is 10.0. The van der Waals surface area contributed by atoms with Crippen molar-refractivity contribution in [1.29, 1.82) is 0 Å². The molecule has 0 fully saturated rings. The number of unbranched alkanes of at least 4 members (excludes halogenated alkanes) is 13. The van der Waals surface area contributed by atoms with Gasteiger partial charge >= 0.3 is 11.9 Å². The summed E-state index contributed by atoms with van der Waals surface area (Å²) in [5, 5.41) is 11.7. The average molecular weight is 878 g/mol. The quantitative estimate of drug-likeness (QED) is 0.0260. The topological polar surface area (TPSA) is 102 Å². The summed E-state index contributed by atoms with van der Waals surface area (Å²) in [6.07, 6.45) is 60.1. The van der Waals surface area contributed by atoms with Gasteiger partial charge < -0.3 is 28.6 Å². The van der Waals surface area contributed by atoms with Crippen LogP contribution in [0, 0.1) is 0 Å². The summed E-state index contributed by atoms with van der Waals surface area (Å²) >= 11 is 0. The number of hydrogen-bond acceptors (Lipinski definition) is 7. The second-order valence-corrected chi connectivity index (χ2v) is 17.3. The lowest BCUT2D eigenvalue weighted by Crippen LogP contribution is -2.55. The summed E-state index contributed by atoms with van der Waals surface area (Å²) in [6.45, 7) is 4.39. The summed E-state index contributed by atoms with van der Waals surface area (Å²) in [5.74, 6) is -1.79. The molecular weight excluding hydrogens is 787 g/mol. The van der Waals surface area contributed by atoms with Crippen LogP contribution in [0.1, 0.15) is 181 Å². The molecule has 0 aromatic rings. The van der Waals surface area contributed by atoms with E-state index in [0.717, 1.165) is 103 Å². The first-order valence-corrected chi connectivity index (χ1v) is 24.8. The fraction of sp³-hybridized carbons (Fsp3) is 0.655. The van der Waals surface area contributed by atoms with Gasteiger partial charge in [-0.25, -0.2) is 0 Å². The molecular formula is C55H91NO7. The highest BCUT2D eigenvalue weighted by Gasteiger charge is 2.25. The largest absolute Gasteiger partial charge is 0.544 e. The van der Waals surface area contributed by atoms with Gasteiger partial charge in [-0.1, -0.05) is 169 Å². The van der Waals surface area contributed by atoms with E-state index in [0.29, 0.717) is 12.8 Å². The third-order valence-corrected chi connectivity index (χ3v) is 10.5. The zero-order chi connectivity index (χ0) is 46.3. The molecule has 0 aromatic carbocycles. The maximum Gasteiger partial charge on any atom is 0.306 e. The van der Waals surface area contributed by atoms with E-state index in [1.54, 1.807) is 21.1 Å². The summed E-state index contributed by atoms with van der Waals surface area (Å²) < 4.78 is 17.2. The van der Waals surface area contributed by atoms with Gasteiger partial charge in [0.25, 0.3) is 0 Å². The van der Waals surface area contributed by atoms with Gasteiger partial charge in [-0.2, -0.15) is 0 Å². The third kappa shape index (κ3) is 43.3. The molecule has 0 heterocycles. The van der Waals surface area contributed by atoms with Crippen molar-refractivity contribution < 1.29 is 38.2 Å². The highest BCUT2D eigenvalue weighted by Crippen LogP contribution is 2.14. The number of ether oxygens (including phenoxy) is 3. The minimum Gasteiger partial charge on any atom is -0.544 e. The number of hydrogen-bond donors (Lipinski definition) is 0. The van der Waals surface area contributed by atoms with Gasteiger partial charge in [-0.05, 0) is 89.9 Å². The Kier molecular flexibility index (Phi) is 42.2. The molecule has 0 rings (SSSR count). The number of carbonyl (C=O) groups is 3. The molecule has 0 spiro atoms. The predicted octanol–water partition coefficient (Wildman–Crippen LogP) is 12.9. The van der Waals surface area contributed by atoms with Crippen molar-refractivity contribution >= 4 is 17.9 Å². The van der Waals surface area contributed by atoms with E-state index < -0.39 is 18.1 Å². The molecule has 63 heavy (non-hydrogen) atoms. The van der Waals surface area contributed by atoms with E-state index in [1.165, 1.54) is 44.9 Å². The van der Waals surface area contributed by atoms with Crippen molar-refractivity contribution in [2.75, 3.05) is 41.0 Å². The molecule has 0 aromatic heterocycles. The molecule has 0 saturated heterocycles. The van der Waals surface area contributed by atoms with Gasteiger partial charge in [-0.15, -0.1) is 0 Å². The molecule has 0 bridgehead atoms. The highest BCUT2D eigenvalue weighted by atomic mass is 16.6. The maximum absolute atomic E-state index is 12.8. The smallest absolute Gasteiger partial charge is 0.306 e. The Hall–Kier alpha value is -3.75. The van der Waals surface area contributed by atoms with E-state index in [4.69, 9.17) is 14.2 Å². The Labute approximate surface area is 386 Å². The summed E-state index contributed by atoms with van der Waals surface area (Å²) in [5.41, 5.74) is 0. The monoisotopic (exact) mass is 878 g/mol. The average Bonchev–Trinajstić information content (AvgIpc) is 3.24. The van der Waals surface area contributed by atoms with Crippen molar-refractivity contribution in [3.8, 4) is 0 Å². The summed E-state index contributed by atoms with van der Waals surface area (Å²) in [4.78, 5) is 37.0. The fourth-order valence-electron chi connectivity index (χ4n) is 6.70. The molecule has 0 aliphatic heterocycles. The molecule has 0 aliphatic carbocycles. The number of nitrogens with zero attached hydrogens (tertiary/aromatic N) is 1. The zero-order valence-electron chi connectivity index (χ0n) is 40.7. The van der Waals surface area contributed by atoms with Crippen LogP contribution in [0.5, 0.6) is 0 Å². The van der Waals surface area contributed by atoms with Crippen LogP contribution >= 0.6 is 0 Å². The second kappa shape index (κ2) is 44.8. The molecule has 0 amide bonds. The van der Waals surface area contributed by atoms with Gasteiger partial charge in [0.2, 0.25) is 0 Å². The van der Waals surface area contributed by atoms with Crippen molar-refractivity contribution in [2.24, 2.45) is 0 Å². The van der Waals surface area contributed by atoms with Gasteiger partial charge in [0.15, 0.2) is 6.10 Å². The lowest BCUT2D eigenvalue weighted by Gasteiger charge is -2.34. The van der Waals surface area contributed by atoms with Crippen LogP contribution in [0.15, 0.2) is 97.2 Å². The number of rotatable bonds is 43. The Morgan fingerprint density at radius 1 is 0.476 bits per heavy atom. The Bertz CT molecular complexity index is 1350. The highest BCUT2D eigenvalue weighted by molar-refractivity contribution is 5.70. The SMILES string of the molecule is CC/C=C/C/C=C/C/C=C/C/C=C/CCCCCCCCCCCCC(=O)OC(COCCC(C(=O)[O-])[N+](C)(C)C)COC(=O)CCCCC/C=C/C/C=C/C/C=C/C/C=C/CC. The van der Waals surface area contributed by atoms with Crippen LogP contribution in [0.4, 0.5) is 0 Å². The van der Waals surface area contributed by atoms with Crippen LogP contribution in [0.3, 0.4) is 0 Å². The van der Waals surface area contributed by atoms with Crippen molar-refractivity contribution in [3.63, 3.8) is 0 Å². The van der Waals surface area contributed by atoms with Crippen LogP contribution < -0.4 is 5.11 Å². The fourth-order valence-corrected chi connectivity index (χ4v) is 6.70. The number of likely N-dealkylation sites (N-methyl/N-ethyl adjacent to an activating group) is 1. The number of esters is 2. The standard InChI is InChI=1S/C55H91NO7/c1-6-8-10-12-14-16-18-20-22-24-25-26-27-28-29-30-32-34-36-38-40-42-44-46-54(58)63-51(49-61-48-47-52(55(59)60)56(3,4)5)50-62-53(57)45-43-41-39-37-35-33-31-23-21-19-17-15-13-11-9-7-2/h8-11,14-17,20-23,25-26,33,35,51-52H,6-7,12-13,18-19,24,27-32,34,36-50H2,1-5H3/b10-8+,11-9+,16-14+,17-15+,22-20+,23-21+,26-25+,35-33+. The molecule has 2 atom stereocenters. The van der Waals surface area contributed by atoms with Crippen LogP contribution in [0.25, 0.3) is 0 Å². The van der Waals surface area contributed by atoms with Gasteiger partial charge in [-0.3, -0.25) is 9.59 Å². The molecule has 8 nitrogen and oxygen atoms in total. The summed E-state index contributed by atoms with van der Waals surface area (Å²) in [6, 6.07) is -0.737. The third-order valence-electron chi connectivity index (χ3n) is 10.5. The Morgan fingerprint density at radius 3 is 1.25 bits per heavy atom. The number of allylic oxidation sites excluding steroid dienone is 16. The van der Waals surface area contributed by atoms with Gasteiger partial charge in [0, 0.05) is 19.3 Å². The minimum absolute atomic E-state index is 0.0230. The normalized spacial score (nSPS) is 13.7. The molecule has 8 heteroatoms. The first-order chi connectivity index (χ1) is 30.6. The Balaban J connectivity index is 4.31. The van der Waals surface area contributed by atoms with E-state index >= 15 is 0 Å². The van der Waals surface area contributed by atoms with E-state index in [2.05, 4.69) is 111 Å². The zero-order valence-corrected chi connectivity index (χ0v) is 40.7. The van der Waals surface area contributed by atoms with Crippen LogP contribution in [-0.2, 0) is 28.6 Å². The minimum atomic E-state index is -1.13. The summed E-state index contributed by atoms with van der Waals surface area (Å²) in [7, 11) is 5.39. The van der Waals surface area contributed by atoms with Crippen molar-refractivity contribution in [2.45, 2.75) is 193 Å². The van der Waals surface area contributed by atoms with Crippen LogP contribution in [-0.4, -0.2) is 75.5 Å². The van der Waals surface area contributed by atoms with Gasteiger partial charge in [0.1, 0.15) is 12.6 Å². The lowest BCUT2D eigenvalue weighted by molar-refractivity contribution is -0.889. The number of carboxylic acid groups (broad SMARTS) is 1. The maximum atomic E-state index is 12.8. The number of aliphatic carboxylic acids is 1. The van der Waals surface area contributed by atoms with Crippen molar-refractivity contribution in [1.82, 2.24) is 0 Å². The van der Waals surface area contributed by atoms with E-state index in [-0.39, 0.29) is 42.7 Å². The van der Waals surface area contributed by atoms with Gasteiger partial charge in [0.05, 0.1) is 40.3 Å². The number of carbonyl (C=O) groups excluding carboxylic acids is 3. The van der Waals surface area contributed by atoms with Crippen LogP contribution in [0.2, 0.25) is 0 Å². The molecule has 0 aliphatic rings. The molecule has 0 saturated carbocycles. The van der Waals surface area contributed by atoms with Crippen molar-refractivity contribution in [3.05, 3.63) is 97.2 Å². The molecule has 0 radical (unpaired) electrons. The van der Waals surface area contributed by atoms with E-state index in [1.807, 2.05) is 0 Å². The number of quaternary nitrogens is 1. The van der Waals surface area contributed by atoms with E-state index in [9.17, 15) is 19.5 Å². The Morgan fingerprint density at radius 2 is 0.841 bits per heavy atom. The first kappa shape index (κ1) is 59.2. The molecule has 358 valence electrons. The number of carboxylic acids is 1. The second-order valence-electron chi connectivity index (χ2n) is 17.3. The first-order valence-electron chi connectivity index (χ1n) is 24.8. The predicted molar refractivity (Wildman–Crippen MR) is 263 cm³/mol. The molecule has 2 unspecified atom stereocenters. The molecule has 0 N–H and O–H groups in total.